The highest BCUT2D eigenvalue weighted by Gasteiger charge is 2.20. The van der Waals surface area contributed by atoms with Gasteiger partial charge >= 0.3 is 0 Å². The molecule has 0 aliphatic carbocycles. The average Bonchev–Trinajstić information content (AvgIpc) is 3.61. The Morgan fingerprint density at radius 2 is 1.97 bits per heavy atom. The van der Waals surface area contributed by atoms with Crippen LogP contribution in [0.5, 0.6) is 5.75 Å². The van der Waals surface area contributed by atoms with Gasteiger partial charge in [0.25, 0.3) is 0 Å². The van der Waals surface area contributed by atoms with E-state index in [-0.39, 0.29) is 6.10 Å². The van der Waals surface area contributed by atoms with Crippen LogP contribution >= 0.6 is 0 Å². The lowest BCUT2D eigenvalue weighted by Crippen LogP contribution is -2.34. The summed E-state index contributed by atoms with van der Waals surface area (Å²) in [5, 5.41) is 14.7. The van der Waals surface area contributed by atoms with Crippen molar-refractivity contribution in [2.45, 2.75) is 31.4 Å². The van der Waals surface area contributed by atoms with E-state index in [9.17, 15) is 0 Å². The third kappa shape index (κ3) is 4.24. The Morgan fingerprint density at radius 1 is 1.09 bits per heavy atom. The number of benzene rings is 1. The van der Waals surface area contributed by atoms with Crippen LogP contribution in [0.15, 0.2) is 49.1 Å². The van der Waals surface area contributed by atoms with Crippen LogP contribution in [0.2, 0.25) is 0 Å². The van der Waals surface area contributed by atoms with E-state index in [2.05, 4.69) is 33.2 Å². The van der Waals surface area contributed by atoms with E-state index in [4.69, 9.17) is 14.7 Å². The molecular weight excluding hydrogens is 428 g/mol. The quantitative estimate of drug-likeness (QED) is 0.409. The van der Waals surface area contributed by atoms with Crippen molar-refractivity contribution in [2.75, 3.05) is 31.5 Å². The summed E-state index contributed by atoms with van der Waals surface area (Å²) in [6.45, 7) is 3.98. The summed E-state index contributed by atoms with van der Waals surface area (Å²) in [7, 11) is 1.93. The molecule has 5 heterocycles. The van der Waals surface area contributed by atoms with Gasteiger partial charge in [-0.15, -0.1) is 0 Å². The van der Waals surface area contributed by atoms with Gasteiger partial charge in [0.05, 0.1) is 17.2 Å². The van der Waals surface area contributed by atoms with Crippen molar-refractivity contribution in [2.24, 2.45) is 7.05 Å². The van der Waals surface area contributed by atoms with Gasteiger partial charge in [-0.3, -0.25) is 9.25 Å². The molecule has 3 N–H and O–H groups in total. The van der Waals surface area contributed by atoms with Crippen molar-refractivity contribution in [3.63, 3.8) is 0 Å². The van der Waals surface area contributed by atoms with Crippen molar-refractivity contribution in [1.29, 1.82) is 0 Å². The highest BCUT2D eigenvalue weighted by Crippen LogP contribution is 2.36. The van der Waals surface area contributed by atoms with Crippen LogP contribution in [-0.2, 0) is 7.05 Å². The largest absolute Gasteiger partial charge is 0.490 e. The van der Waals surface area contributed by atoms with Crippen LogP contribution in [0.4, 0.5) is 5.82 Å². The van der Waals surface area contributed by atoms with Crippen molar-refractivity contribution in [3.8, 4) is 22.7 Å². The zero-order chi connectivity index (χ0) is 22.9. The Morgan fingerprint density at radius 3 is 2.76 bits per heavy atom. The zero-order valence-electron chi connectivity index (χ0n) is 19.4. The molecule has 1 atom stereocenters. The number of nitrogens with zero attached hydrogens (tertiary/aromatic N) is 5. The predicted molar refractivity (Wildman–Crippen MR) is 132 cm³/mol. The van der Waals surface area contributed by atoms with E-state index in [1.165, 1.54) is 0 Å². The fourth-order valence-electron chi connectivity index (χ4n) is 4.82. The maximum Gasteiger partial charge on any atom is 0.140 e. The molecule has 1 unspecified atom stereocenters. The van der Waals surface area contributed by atoms with Crippen LogP contribution < -0.4 is 20.7 Å². The number of imidazole rings is 1. The lowest BCUT2D eigenvalue weighted by molar-refractivity contribution is 0.163. The van der Waals surface area contributed by atoms with Crippen LogP contribution in [-0.4, -0.2) is 62.6 Å². The highest BCUT2D eigenvalue weighted by atomic mass is 16.5. The number of fused-ring (bicyclic) bond motifs is 1. The van der Waals surface area contributed by atoms with Crippen molar-refractivity contribution < 1.29 is 4.74 Å². The van der Waals surface area contributed by atoms with Gasteiger partial charge in [0.2, 0.25) is 0 Å². The summed E-state index contributed by atoms with van der Waals surface area (Å²) < 4.78 is 10.4. The van der Waals surface area contributed by atoms with E-state index < -0.39 is 0 Å². The van der Waals surface area contributed by atoms with Crippen LogP contribution in [0.3, 0.4) is 0 Å². The first-order valence-electron chi connectivity index (χ1n) is 12.0. The minimum absolute atomic E-state index is 0.200. The lowest BCUT2D eigenvalue weighted by atomic mass is 10.1. The number of nitrogens with one attached hydrogen (secondary N) is 3. The van der Waals surface area contributed by atoms with Gasteiger partial charge < -0.3 is 20.7 Å². The lowest BCUT2D eigenvalue weighted by Gasteiger charge is -2.25. The van der Waals surface area contributed by atoms with Crippen molar-refractivity contribution >= 4 is 16.9 Å². The number of ether oxygens (including phenoxy) is 1. The summed E-state index contributed by atoms with van der Waals surface area (Å²) in [6, 6.07) is 10.7. The number of pyridine rings is 1. The molecule has 4 aromatic rings. The van der Waals surface area contributed by atoms with Crippen LogP contribution in [0, 0.1) is 0 Å². The smallest absolute Gasteiger partial charge is 0.140 e. The van der Waals surface area contributed by atoms with Gasteiger partial charge in [0.1, 0.15) is 29.8 Å². The van der Waals surface area contributed by atoms with E-state index in [1.807, 2.05) is 53.2 Å². The molecule has 0 radical (unpaired) electrons. The van der Waals surface area contributed by atoms with E-state index >= 15 is 0 Å². The molecule has 2 aliphatic rings. The number of aromatic nitrogens is 5. The molecular formula is C25H30N8O. The second kappa shape index (κ2) is 9.08. The molecule has 9 heteroatoms. The number of aryl methyl sites for hydroxylation is 1. The summed E-state index contributed by atoms with van der Waals surface area (Å²) in [5.74, 6) is 2.57. The number of rotatable bonds is 6. The first kappa shape index (κ1) is 21.1. The number of piperidine rings is 1. The normalized spacial score (nSPS) is 19.0. The second-order valence-corrected chi connectivity index (χ2v) is 9.14. The maximum atomic E-state index is 6.51. The summed E-state index contributed by atoms with van der Waals surface area (Å²) in [5.41, 5.74) is 3.92. The van der Waals surface area contributed by atoms with Gasteiger partial charge in [-0.25, -0.2) is 9.97 Å². The van der Waals surface area contributed by atoms with Gasteiger partial charge in [-0.1, -0.05) is 6.07 Å². The number of anilines is 1. The molecule has 0 bridgehead atoms. The number of hydrogen-bond donors (Lipinski definition) is 3. The van der Waals surface area contributed by atoms with Gasteiger partial charge in [-0.2, -0.15) is 5.10 Å². The molecule has 9 nitrogen and oxygen atoms in total. The Bertz CT molecular complexity index is 1280. The number of hydrogen-bond acceptors (Lipinski definition) is 7. The molecule has 0 amide bonds. The minimum atomic E-state index is 0.200. The van der Waals surface area contributed by atoms with Gasteiger partial charge in [0, 0.05) is 43.0 Å². The Labute approximate surface area is 198 Å². The molecule has 2 saturated heterocycles. The SMILES string of the molecule is Cn1cc(-c2cc3c(cc2OC2CCNCC2)ncn3-c2cccc(NC3CCNC3)n2)cn1. The molecule has 0 spiro atoms. The molecule has 176 valence electrons. The molecule has 0 saturated carbocycles. The van der Waals surface area contributed by atoms with E-state index in [1.54, 1.807) is 0 Å². The zero-order valence-corrected chi connectivity index (χ0v) is 19.4. The minimum Gasteiger partial charge on any atom is -0.490 e. The molecule has 2 fully saturated rings. The third-order valence-corrected chi connectivity index (χ3v) is 6.64. The van der Waals surface area contributed by atoms with E-state index in [0.717, 1.165) is 85.0 Å². The molecule has 2 aliphatic heterocycles. The summed E-state index contributed by atoms with van der Waals surface area (Å²) in [4.78, 5) is 9.58. The first-order valence-corrected chi connectivity index (χ1v) is 12.0. The Balaban J connectivity index is 1.39. The van der Waals surface area contributed by atoms with E-state index in [0.29, 0.717) is 6.04 Å². The predicted octanol–water partition coefficient (Wildman–Crippen LogP) is 2.73. The molecule has 1 aromatic carbocycles. The van der Waals surface area contributed by atoms with Crippen LogP contribution in [0.25, 0.3) is 28.0 Å². The molecule has 3 aromatic heterocycles. The van der Waals surface area contributed by atoms with Gasteiger partial charge in [-0.05, 0) is 57.1 Å². The summed E-state index contributed by atoms with van der Waals surface area (Å²) >= 11 is 0. The van der Waals surface area contributed by atoms with Gasteiger partial charge in [0.15, 0.2) is 0 Å². The fourth-order valence-corrected chi connectivity index (χ4v) is 4.82. The monoisotopic (exact) mass is 458 g/mol. The fraction of sp³-hybridized carbons (Fsp3) is 0.400. The molecule has 6 rings (SSSR count). The topological polar surface area (TPSA) is 93.8 Å². The van der Waals surface area contributed by atoms with Crippen molar-refractivity contribution in [1.82, 2.24) is 34.9 Å². The van der Waals surface area contributed by atoms with Crippen LogP contribution in [0.1, 0.15) is 19.3 Å². The Kier molecular flexibility index (Phi) is 5.64. The standard InChI is InChI=1S/C25H30N8O/c1-32-15-17(13-29-32)20-11-22-21(12-23(20)34-19-6-9-26-10-7-19)28-16-33(22)25-4-2-3-24(31-25)30-18-5-8-27-14-18/h2-4,11-13,15-16,18-19,26-27H,5-10,14H2,1H3,(H,30,31). The Hall–Kier alpha value is -3.43. The summed E-state index contributed by atoms with van der Waals surface area (Å²) in [6.07, 6.45) is 9.05. The average molecular weight is 459 g/mol. The second-order valence-electron chi connectivity index (χ2n) is 9.14. The highest BCUT2D eigenvalue weighted by molar-refractivity contribution is 5.87. The molecule has 34 heavy (non-hydrogen) atoms. The maximum absolute atomic E-state index is 6.51. The first-order chi connectivity index (χ1) is 16.7. The van der Waals surface area contributed by atoms with Crippen molar-refractivity contribution in [3.05, 3.63) is 49.1 Å². The third-order valence-electron chi connectivity index (χ3n) is 6.64.